The van der Waals surface area contributed by atoms with Crippen molar-refractivity contribution in [3.63, 3.8) is 0 Å². The van der Waals surface area contributed by atoms with Crippen molar-refractivity contribution in [2.75, 3.05) is 46.5 Å². The van der Waals surface area contributed by atoms with E-state index in [0.717, 1.165) is 51.4 Å². The molecule has 1 fully saturated rings. The summed E-state index contributed by atoms with van der Waals surface area (Å²) in [6, 6.07) is 10.3. The summed E-state index contributed by atoms with van der Waals surface area (Å²) < 4.78 is 30.4. The van der Waals surface area contributed by atoms with Crippen LogP contribution in [-0.4, -0.2) is 51.4 Å². The molecule has 1 aliphatic heterocycles. The van der Waals surface area contributed by atoms with Gasteiger partial charge >= 0.3 is 0 Å². The van der Waals surface area contributed by atoms with Crippen LogP contribution < -0.4 is 14.8 Å². The Morgan fingerprint density at radius 2 is 2.00 bits per heavy atom. The van der Waals surface area contributed by atoms with Crippen molar-refractivity contribution in [1.29, 1.82) is 0 Å². The molecule has 7 heteroatoms. The van der Waals surface area contributed by atoms with Gasteiger partial charge in [0.2, 0.25) is 0 Å². The van der Waals surface area contributed by atoms with Crippen molar-refractivity contribution >= 4 is 11.6 Å². The van der Waals surface area contributed by atoms with Crippen LogP contribution in [0.2, 0.25) is 5.02 Å². The molecular weight excluding hydrogens is 395 g/mol. The van der Waals surface area contributed by atoms with E-state index in [1.54, 1.807) is 25.3 Å². The van der Waals surface area contributed by atoms with Crippen LogP contribution >= 0.6 is 11.6 Å². The minimum atomic E-state index is -0.305. The van der Waals surface area contributed by atoms with E-state index < -0.39 is 0 Å². The Labute approximate surface area is 176 Å². The molecule has 2 aromatic rings. The van der Waals surface area contributed by atoms with E-state index in [-0.39, 0.29) is 12.4 Å². The second kappa shape index (κ2) is 11.4. The van der Waals surface area contributed by atoms with Crippen LogP contribution in [0.25, 0.3) is 0 Å². The van der Waals surface area contributed by atoms with E-state index >= 15 is 0 Å². The number of nitrogens with one attached hydrogen (secondary N) is 1. The lowest BCUT2D eigenvalue weighted by Gasteiger charge is -2.26. The standard InChI is InChI=1S/C22H28ClFN2O3/c1-27-21-14-17(15-25-7-4-8-26-9-11-28-12-10-26)13-19(23)22(21)29-16-18-5-2-3-6-20(18)24/h2-3,5-6,13-14,25H,4,7-12,15-16H2,1H3. The Balaban J connectivity index is 1.50. The maximum atomic E-state index is 13.8. The fourth-order valence-corrected chi connectivity index (χ4v) is 3.55. The van der Waals surface area contributed by atoms with Crippen molar-refractivity contribution in [3.8, 4) is 11.5 Å². The quantitative estimate of drug-likeness (QED) is 0.588. The van der Waals surface area contributed by atoms with Crippen LogP contribution in [0.15, 0.2) is 36.4 Å². The molecule has 0 spiro atoms. The number of ether oxygens (including phenoxy) is 3. The summed E-state index contributed by atoms with van der Waals surface area (Å²) in [5, 5.41) is 3.89. The Morgan fingerprint density at radius 1 is 1.21 bits per heavy atom. The van der Waals surface area contributed by atoms with Crippen LogP contribution in [-0.2, 0) is 17.9 Å². The second-order valence-electron chi connectivity index (χ2n) is 6.97. The van der Waals surface area contributed by atoms with Gasteiger partial charge in [0.1, 0.15) is 12.4 Å². The van der Waals surface area contributed by atoms with Crippen molar-refractivity contribution in [3.05, 3.63) is 58.4 Å². The molecule has 1 saturated heterocycles. The molecule has 1 heterocycles. The number of morpholine rings is 1. The molecule has 0 atom stereocenters. The number of rotatable bonds is 10. The van der Waals surface area contributed by atoms with E-state index in [1.807, 2.05) is 12.1 Å². The van der Waals surface area contributed by atoms with Crippen LogP contribution in [0.1, 0.15) is 17.5 Å². The summed E-state index contributed by atoms with van der Waals surface area (Å²) in [5.74, 6) is 0.660. The van der Waals surface area contributed by atoms with Gasteiger partial charge in [0, 0.05) is 25.2 Å². The van der Waals surface area contributed by atoms with Gasteiger partial charge < -0.3 is 19.5 Å². The first-order valence-corrected chi connectivity index (χ1v) is 10.3. The van der Waals surface area contributed by atoms with Gasteiger partial charge in [0.25, 0.3) is 0 Å². The Hall–Kier alpha value is -1.86. The molecule has 1 N–H and O–H groups in total. The topological polar surface area (TPSA) is 43.0 Å². The van der Waals surface area contributed by atoms with Crippen molar-refractivity contribution in [2.24, 2.45) is 0 Å². The third-order valence-electron chi connectivity index (χ3n) is 4.88. The first-order valence-electron chi connectivity index (χ1n) is 9.91. The fraction of sp³-hybridized carbons (Fsp3) is 0.455. The lowest BCUT2D eigenvalue weighted by molar-refractivity contribution is 0.0374. The average molecular weight is 423 g/mol. The van der Waals surface area contributed by atoms with Gasteiger partial charge in [-0.05, 0) is 43.3 Å². The van der Waals surface area contributed by atoms with Crippen molar-refractivity contribution < 1.29 is 18.6 Å². The molecule has 1 aliphatic rings. The van der Waals surface area contributed by atoms with Gasteiger partial charge in [-0.25, -0.2) is 4.39 Å². The number of benzene rings is 2. The number of nitrogens with zero attached hydrogens (tertiary/aromatic N) is 1. The number of methoxy groups -OCH3 is 1. The third kappa shape index (κ3) is 6.57. The normalized spacial score (nSPS) is 14.7. The molecule has 0 bridgehead atoms. The third-order valence-corrected chi connectivity index (χ3v) is 5.16. The molecule has 3 rings (SSSR count). The molecule has 5 nitrogen and oxygen atoms in total. The SMILES string of the molecule is COc1cc(CNCCCN2CCOCC2)cc(Cl)c1OCc1ccccc1F. The summed E-state index contributed by atoms with van der Waals surface area (Å²) in [6.45, 7) is 6.46. The zero-order valence-corrected chi connectivity index (χ0v) is 17.5. The monoisotopic (exact) mass is 422 g/mol. The maximum absolute atomic E-state index is 13.8. The van der Waals surface area contributed by atoms with Crippen molar-refractivity contribution in [1.82, 2.24) is 10.2 Å². The predicted octanol–water partition coefficient (Wildman–Crippen LogP) is 3.88. The van der Waals surface area contributed by atoms with E-state index in [4.69, 9.17) is 25.8 Å². The summed E-state index contributed by atoms with van der Waals surface area (Å²) in [6.07, 6.45) is 1.08. The van der Waals surface area contributed by atoms with E-state index in [1.165, 1.54) is 6.07 Å². The number of halogens is 2. The molecule has 0 amide bonds. The molecule has 0 aromatic heterocycles. The van der Waals surface area contributed by atoms with Gasteiger partial charge in [0.15, 0.2) is 11.5 Å². The molecule has 0 unspecified atom stereocenters. The molecule has 0 saturated carbocycles. The van der Waals surface area contributed by atoms with Gasteiger partial charge in [-0.3, -0.25) is 4.90 Å². The summed E-state index contributed by atoms with van der Waals surface area (Å²) >= 11 is 6.42. The first kappa shape index (κ1) is 21.8. The van der Waals surface area contributed by atoms with Crippen LogP contribution in [0.4, 0.5) is 4.39 Å². The predicted molar refractivity (Wildman–Crippen MR) is 112 cm³/mol. The van der Waals surface area contributed by atoms with Crippen LogP contribution in [0.3, 0.4) is 0 Å². The van der Waals surface area contributed by atoms with E-state index in [2.05, 4.69) is 10.2 Å². The highest BCUT2D eigenvalue weighted by Crippen LogP contribution is 2.37. The highest BCUT2D eigenvalue weighted by molar-refractivity contribution is 6.32. The Morgan fingerprint density at radius 3 is 2.76 bits per heavy atom. The van der Waals surface area contributed by atoms with Crippen LogP contribution in [0, 0.1) is 5.82 Å². The highest BCUT2D eigenvalue weighted by atomic mass is 35.5. The first-order chi connectivity index (χ1) is 14.2. The fourth-order valence-electron chi connectivity index (χ4n) is 3.27. The van der Waals surface area contributed by atoms with Crippen LogP contribution in [0.5, 0.6) is 11.5 Å². The smallest absolute Gasteiger partial charge is 0.180 e. The highest BCUT2D eigenvalue weighted by Gasteiger charge is 2.14. The summed E-state index contributed by atoms with van der Waals surface area (Å²) in [7, 11) is 1.57. The average Bonchev–Trinajstić information content (AvgIpc) is 2.74. The lowest BCUT2D eigenvalue weighted by atomic mass is 10.2. The molecule has 0 aliphatic carbocycles. The summed E-state index contributed by atoms with van der Waals surface area (Å²) in [4.78, 5) is 2.42. The minimum absolute atomic E-state index is 0.0852. The molecule has 2 aromatic carbocycles. The second-order valence-corrected chi connectivity index (χ2v) is 7.38. The van der Waals surface area contributed by atoms with Gasteiger partial charge in [-0.15, -0.1) is 0 Å². The van der Waals surface area contributed by atoms with E-state index in [0.29, 0.717) is 28.6 Å². The lowest BCUT2D eigenvalue weighted by Crippen LogP contribution is -2.37. The number of hydrogen-bond acceptors (Lipinski definition) is 5. The zero-order chi connectivity index (χ0) is 20.5. The van der Waals surface area contributed by atoms with E-state index in [9.17, 15) is 4.39 Å². The Kier molecular flexibility index (Phi) is 8.55. The zero-order valence-electron chi connectivity index (χ0n) is 16.8. The minimum Gasteiger partial charge on any atom is -0.493 e. The van der Waals surface area contributed by atoms with Gasteiger partial charge in [-0.1, -0.05) is 29.8 Å². The molecule has 158 valence electrons. The molecule has 29 heavy (non-hydrogen) atoms. The number of hydrogen-bond donors (Lipinski definition) is 1. The Bertz CT molecular complexity index is 785. The summed E-state index contributed by atoms with van der Waals surface area (Å²) in [5.41, 5.74) is 1.48. The van der Waals surface area contributed by atoms with Gasteiger partial charge in [0.05, 0.1) is 25.3 Å². The molecular formula is C22H28ClFN2O3. The molecule has 0 radical (unpaired) electrons. The largest absolute Gasteiger partial charge is 0.493 e. The maximum Gasteiger partial charge on any atom is 0.180 e. The van der Waals surface area contributed by atoms with Gasteiger partial charge in [-0.2, -0.15) is 0 Å². The van der Waals surface area contributed by atoms with Crippen molar-refractivity contribution in [2.45, 2.75) is 19.6 Å².